The molecule has 0 radical (unpaired) electrons. The molecule has 3 aromatic rings. The first-order chi connectivity index (χ1) is 13.7. The van der Waals surface area contributed by atoms with Crippen molar-refractivity contribution >= 4 is 22.3 Å². The van der Waals surface area contributed by atoms with Crippen LogP contribution in [0.1, 0.15) is 42.5 Å². The summed E-state index contributed by atoms with van der Waals surface area (Å²) in [7, 11) is 0. The van der Waals surface area contributed by atoms with E-state index in [1.165, 1.54) is 10.9 Å². The Morgan fingerprint density at radius 1 is 1.25 bits per heavy atom. The van der Waals surface area contributed by atoms with Crippen LogP contribution >= 0.6 is 11.3 Å². The fourth-order valence-electron chi connectivity index (χ4n) is 3.42. The number of hydrogen-bond donors (Lipinski definition) is 0. The number of ether oxygens (including phenoxy) is 2. The van der Waals surface area contributed by atoms with Crippen LogP contribution in [0.2, 0.25) is 0 Å². The van der Waals surface area contributed by atoms with E-state index in [-0.39, 0.29) is 12.2 Å². The van der Waals surface area contributed by atoms with Crippen molar-refractivity contribution in [3.8, 4) is 5.75 Å². The molecule has 28 heavy (non-hydrogen) atoms. The van der Waals surface area contributed by atoms with Gasteiger partial charge in [-0.3, -0.25) is 9.20 Å². The van der Waals surface area contributed by atoms with Gasteiger partial charge in [-0.05, 0) is 44.2 Å². The summed E-state index contributed by atoms with van der Waals surface area (Å²) < 4.78 is 12.8. The highest BCUT2D eigenvalue weighted by atomic mass is 32.1. The molecule has 1 aliphatic rings. The Morgan fingerprint density at radius 2 is 2.04 bits per heavy atom. The van der Waals surface area contributed by atoms with E-state index in [0.717, 1.165) is 31.4 Å². The van der Waals surface area contributed by atoms with Gasteiger partial charge in [0.25, 0.3) is 5.56 Å². The number of fused-ring (bicyclic) bond motifs is 3. The van der Waals surface area contributed by atoms with E-state index in [2.05, 4.69) is 4.98 Å². The number of para-hydroxylation sites is 1. The molecule has 0 spiro atoms. The minimum Gasteiger partial charge on any atom is -0.479 e. The Kier molecular flexibility index (Phi) is 5.43. The smallest absolute Gasteiger partial charge is 0.347 e. The summed E-state index contributed by atoms with van der Waals surface area (Å²) in [6.07, 6.45) is 3.97. The highest BCUT2D eigenvalue weighted by Crippen LogP contribution is 2.28. The van der Waals surface area contributed by atoms with Gasteiger partial charge in [-0.1, -0.05) is 25.1 Å². The van der Waals surface area contributed by atoms with Crippen LogP contribution in [0.5, 0.6) is 5.75 Å². The number of hydrogen-bond acceptors (Lipinski definition) is 6. The highest BCUT2D eigenvalue weighted by Gasteiger charge is 2.22. The Labute approximate surface area is 166 Å². The Bertz CT molecular complexity index is 1040. The minimum absolute atomic E-state index is 0.0399. The molecule has 4 rings (SSSR count). The number of carbonyl (C=O) groups is 1. The monoisotopic (exact) mass is 398 g/mol. The van der Waals surface area contributed by atoms with Gasteiger partial charge in [0.1, 0.15) is 12.4 Å². The van der Waals surface area contributed by atoms with Crippen LogP contribution in [0.25, 0.3) is 4.96 Å². The summed E-state index contributed by atoms with van der Waals surface area (Å²) in [4.78, 5) is 31.4. The van der Waals surface area contributed by atoms with Crippen molar-refractivity contribution in [2.75, 3.05) is 0 Å². The number of esters is 1. The SMILES string of the molecule is CCC(Oc1ccccc1)C(=O)OCc1cc(=O)n2c3c(sc2n1)CCCC3. The van der Waals surface area contributed by atoms with Gasteiger partial charge in [0.05, 0.1) is 5.69 Å². The molecule has 0 aliphatic heterocycles. The van der Waals surface area contributed by atoms with Gasteiger partial charge >= 0.3 is 5.97 Å². The van der Waals surface area contributed by atoms with Gasteiger partial charge in [0.2, 0.25) is 0 Å². The lowest BCUT2D eigenvalue weighted by atomic mass is 10.0. The number of thiazole rings is 1. The van der Waals surface area contributed by atoms with Crippen molar-refractivity contribution in [2.24, 2.45) is 0 Å². The van der Waals surface area contributed by atoms with Crippen molar-refractivity contribution in [3.05, 3.63) is 63.0 Å². The number of aromatic nitrogens is 2. The van der Waals surface area contributed by atoms with E-state index in [1.807, 2.05) is 25.1 Å². The zero-order chi connectivity index (χ0) is 19.5. The van der Waals surface area contributed by atoms with Crippen LogP contribution in [-0.4, -0.2) is 21.5 Å². The third-order valence-corrected chi connectivity index (χ3v) is 5.97. The molecule has 0 N–H and O–H groups in total. The summed E-state index contributed by atoms with van der Waals surface area (Å²) in [5, 5.41) is 0. The third kappa shape index (κ3) is 3.80. The zero-order valence-electron chi connectivity index (χ0n) is 15.7. The highest BCUT2D eigenvalue weighted by molar-refractivity contribution is 7.17. The molecule has 1 unspecified atom stereocenters. The summed E-state index contributed by atoms with van der Waals surface area (Å²) in [5.41, 5.74) is 1.45. The van der Waals surface area contributed by atoms with Gasteiger partial charge in [-0.2, -0.15) is 0 Å². The van der Waals surface area contributed by atoms with Crippen LogP contribution in [0.4, 0.5) is 0 Å². The first-order valence-electron chi connectivity index (χ1n) is 9.57. The molecule has 1 aliphatic carbocycles. The summed E-state index contributed by atoms with van der Waals surface area (Å²) >= 11 is 1.56. The van der Waals surface area contributed by atoms with Crippen LogP contribution in [0, 0.1) is 0 Å². The van der Waals surface area contributed by atoms with Gasteiger partial charge in [0, 0.05) is 16.6 Å². The van der Waals surface area contributed by atoms with Crippen molar-refractivity contribution in [2.45, 2.75) is 51.7 Å². The van der Waals surface area contributed by atoms with Gasteiger partial charge in [0.15, 0.2) is 11.1 Å². The molecule has 0 saturated carbocycles. The largest absolute Gasteiger partial charge is 0.479 e. The molecule has 7 heteroatoms. The normalized spacial score (nSPS) is 14.5. The Hall–Kier alpha value is -2.67. The van der Waals surface area contributed by atoms with Crippen LogP contribution in [0.3, 0.4) is 0 Å². The van der Waals surface area contributed by atoms with E-state index in [4.69, 9.17) is 9.47 Å². The molecule has 0 bridgehead atoms. The summed E-state index contributed by atoms with van der Waals surface area (Å²) in [6.45, 7) is 1.82. The second-order valence-electron chi connectivity index (χ2n) is 6.82. The van der Waals surface area contributed by atoms with Crippen LogP contribution in [0.15, 0.2) is 41.2 Å². The van der Waals surface area contributed by atoms with Crippen molar-refractivity contribution < 1.29 is 14.3 Å². The number of aryl methyl sites for hydroxylation is 2. The second-order valence-corrected chi connectivity index (χ2v) is 7.88. The predicted octanol–water partition coefficient (Wildman–Crippen LogP) is 3.54. The van der Waals surface area contributed by atoms with Crippen molar-refractivity contribution in [3.63, 3.8) is 0 Å². The quantitative estimate of drug-likeness (QED) is 0.594. The predicted molar refractivity (Wildman–Crippen MR) is 107 cm³/mol. The molecular formula is C21H22N2O4S. The van der Waals surface area contributed by atoms with Gasteiger partial charge < -0.3 is 9.47 Å². The maximum absolute atomic E-state index is 12.6. The summed E-state index contributed by atoms with van der Waals surface area (Å²) in [5.74, 6) is 0.159. The minimum atomic E-state index is -0.693. The number of carbonyl (C=O) groups excluding carboxylic acids is 1. The molecular weight excluding hydrogens is 376 g/mol. The number of nitrogens with zero attached hydrogens (tertiary/aromatic N) is 2. The molecule has 0 amide bonds. The lowest BCUT2D eigenvalue weighted by Crippen LogP contribution is -2.29. The van der Waals surface area contributed by atoms with E-state index in [1.54, 1.807) is 27.9 Å². The Morgan fingerprint density at radius 3 is 2.82 bits per heavy atom. The van der Waals surface area contributed by atoms with E-state index >= 15 is 0 Å². The summed E-state index contributed by atoms with van der Waals surface area (Å²) in [6, 6.07) is 10.6. The van der Waals surface area contributed by atoms with E-state index in [0.29, 0.717) is 22.8 Å². The maximum Gasteiger partial charge on any atom is 0.347 e. The van der Waals surface area contributed by atoms with Gasteiger partial charge in [-0.15, -0.1) is 11.3 Å². The molecule has 1 aromatic carbocycles. The van der Waals surface area contributed by atoms with Crippen LogP contribution in [-0.2, 0) is 29.0 Å². The van der Waals surface area contributed by atoms with Gasteiger partial charge in [-0.25, -0.2) is 9.78 Å². The lowest BCUT2D eigenvalue weighted by Gasteiger charge is -2.16. The molecule has 6 nitrogen and oxygen atoms in total. The van der Waals surface area contributed by atoms with Crippen LogP contribution < -0.4 is 10.3 Å². The zero-order valence-corrected chi connectivity index (χ0v) is 16.5. The average Bonchev–Trinajstić information content (AvgIpc) is 3.10. The number of rotatable bonds is 6. The first kappa shape index (κ1) is 18.7. The lowest BCUT2D eigenvalue weighted by molar-refractivity contribution is -0.153. The van der Waals surface area contributed by atoms with Crippen molar-refractivity contribution in [1.82, 2.24) is 9.38 Å². The van der Waals surface area contributed by atoms with Crippen molar-refractivity contribution in [1.29, 1.82) is 0 Å². The van der Waals surface area contributed by atoms with E-state index < -0.39 is 12.1 Å². The van der Waals surface area contributed by atoms with E-state index in [9.17, 15) is 9.59 Å². The molecule has 146 valence electrons. The topological polar surface area (TPSA) is 69.9 Å². The standard InChI is InChI=1S/C21H22N2O4S/c1-2-17(27-15-8-4-3-5-9-15)20(25)26-13-14-12-19(24)23-16-10-6-7-11-18(16)28-21(23)22-14/h3-5,8-9,12,17H,2,6-7,10-11,13H2,1H3. The molecule has 0 saturated heterocycles. The maximum atomic E-state index is 12.6. The molecule has 2 heterocycles. The molecule has 1 atom stereocenters. The third-order valence-electron chi connectivity index (χ3n) is 4.83. The number of benzene rings is 1. The molecule has 0 fully saturated rings. The Balaban J connectivity index is 1.47. The molecule has 2 aromatic heterocycles. The second kappa shape index (κ2) is 8.14. The fraction of sp³-hybridized carbons (Fsp3) is 0.381. The first-order valence-corrected chi connectivity index (χ1v) is 10.4. The fourth-order valence-corrected chi connectivity index (χ4v) is 4.65. The average molecular weight is 398 g/mol.